The van der Waals surface area contributed by atoms with Gasteiger partial charge >= 0.3 is 0 Å². The van der Waals surface area contributed by atoms with Crippen molar-refractivity contribution in [2.24, 2.45) is 4.99 Å². The number of pyridine rings is 1. The van der Waals surface area contributed by atoms with Gasteiger partial charge in [-0.3, -0.25) is 4.99 Å². The molecule has 1 aromatic heterocycles. The number of aliphatic imine (C=N–C) groups is 1. The Hall–Kier alpha value is -2.00. The van der Waals surface area contributed by atoms with Gasteiger partial charge in [0, 0.05) is 0 Å². The first-order valence-corrected chi connectivity index (χ1v) is 7.52. The van der Waals surface area contributed by atoms with Crippen LogP contribution in [-0.4, -0.2) is 15.8 Å². The van der Waals surface area contributed by atoms with E-state index in [1.54, 1.807) is 13.8 Å². The molecular weight excluding hydrogens is 272 g/mol. The molecule has 0 bridgehead atoms. The van der Waals surface area contributed by atoms with Crippen LogP contribution in [-0.2, 0) is 5.60 Å². The Morgan fingerprint density at radius 2 is 1.68 bits per heavy atom. The fraction of sp³-hybridized carbons (Fsp3) is 0.368. The van der Waals surface area contributed by atoms with Gasteiger partial charge in [0.1, 0.15) is 5.60 Å². The van der Waals surface area contributed by atoms with Gasteiger partial charge in [0.25, 0.3) is 0 Å². The average Bonchev–Trinajstić information content (AvgIpc) is 2.41. The van der Waals surface area contributed by atoms with Crippen LogP contribution in [0.4, 0.5) is 5.69 Å². The van der Waals surface area contributed by atoms with E-state index in [1.807, 2.05) is 25.1 Å². The molecule has 22 heavy (non-hydrogen) atoms. The predicted octanol–water partition coefficient (Wildman–Crippen LogP) is 4.37. The van der Waals surface area contributed by atoms with E-state index in [2.05, 4.69) is 37.9 Å². The number of hydrogen-bond donors (Lipinski definition) is 1. The minimum Gasteiger partial charge on any atom is -0.384 e. The SMILES string of the molecule is CC(=Nc1c(C)cc(C)cc1C)c1cccc(C(C)(C)O)n1. The molecule has 1 N–H and O–H groups in total. The molecule has 0 fully saturated rings. The molecule has 0 aliphatic rings. The number of rotatable bonds is 3. The van der Waals surface area contributed by atoms with Crippen LogP contribution in [0.25, 0.3) is 0 Å². The van der Waals surface area contributed by atoms with Crippen molar-refractivity contribution in [2.75, 3.05) is 0 Å². The lowest BCUT2D eigenvalue weighted by Gasteiger charge is -2.17. The van der Waals surface area contributed by atoms with Crippen molar-refractivity contribution >= 4 is 11.4 Å². The van der Waals surface area contributed by atoms with Crippen molar-refractivity contribution < 1.29 is 5.11 Å². The fourth-order valence-corrected chi connectivity index (χ4v) is 2.55. The number of aromatic nitrogens is 1. The van der Waals surface area contributed by atoms with E-state index in [4.69, 9.17) is 4.99 Å². The molecule has 0 amide bonds. The van der Waals surface area contributed by atoms with Crippen molar-refractivity contribution in [3.8, 4) is 0 Å². The summed E-state index contributed by atoms with van der Waals surface area (Å²) >= 11 is 0. The molecule has 3 heteroatoms. The zero-order chi connectivity index (χ0) is 16.5. The minimum absolute atomic E-state index is 0.650. The van der Waals surface area contributed by atoms with Gasteiger partial charge < -0.3 is 5.11 Å². The first-order chi connectivity index (χ1) is 10.2. The van der Waals surface area contributed by atoms with Gasteiger partial charge in [-0.1, -0.05) is 23.8 Å². The highest BCUT2D eigenvalue weighted by atomic mass is 16.3. The van der Waals surface area contributed by atoms with E-state index in [9.17, 15) is 5.11 Å². The molecule has 116 valence electrons. The Kier molecular flexibility index (Phi) is 4.47. The largest absolute Gasteiger partial charge is 0.384 e. The number of hydrogen-bond acceptors (Lipinski definition) is 3. The first kappa shape index (κ1) is 16.4. The standard InChI is InChI=1S/C19H24N2O/c1-12-10-13(2)18(14(3)11-12)20-15(4)16-8-7-9-17(21-16)19(5,6)22/h7-11,22H,1-6H3. The molecule has 0 spiro atoms. The van der Waals surface area contributed by atoms with Gasteiger partial charge in [-0.15, -0.1) is 0 Å². The van der Waals surface area contributed by atoms with Crippen LogP contribution in [0.3, 0.4) is 0 Å². The second-order valence-corrected chi connectivity index (χ2v) is 6.41. The zero-order valence-corrected chi connectivity index (χ0v) is 14.2. The van der Waals surface area contributed by atoms with Crippen molar-refractivity contribution in [1.29, 1.82) is 0 Å². The molecule has 3 nitrogen and oxygen atoms in total. The molecule has 1 heterocycles. The summed E-state index contributed by atoms with van der Waals surface area (Å²) < 4.78 is 0. The summed E-state index contributed by atoms with van der Waals surface area (Å²) in [5.74, 6) is 0. The van der Waals surface area contributed by atoms with Crippen LogP contribution in [0.5, 0.6) is 0 Å². The third-order valence-electron chi connectivity index (χ3n) is 3.66. The van der Waals surface area contributed by atoms with E-state index in [0.29, 0.717) is 5.69 Å². The lowest BCUT2D eigenvalue weighted by atomic mass is 10.0. The van der Waals surface area contributed by atoms with Gasteiger partial charge in [0.05, 0.1) is 22.8 Å². The van der Waals surface area contributed by atoms with Crippen LogP contribution < -0.4 is 0 Å². The monoisotopic (exact) mass is 296 g/mol. The maximum atomic E-state index is 10.1. The summed E-state index contributed by atoms with van der Waals surface area (Å²) in [5.41, 5.74) is 5.90. The fourth-order valence-electron chi connectivity index (χ4n) is 2.55. The minimum atomic E-state index is -0.952. The van der Waals surface area contributed by atoms with Gasteiger partial charge in [0.2, 0.25) is 0 Å². The van der Waals surface area contributed by atoms with Crippen LogP contribution >= 0.6 is 0 Å². The normalized spacial score (nSPS) is 12.6. The Balaban J connectivity index is 2.46. The highest BCUT2D eigenvalue weighted by molar-refractivity contribution is 5.99. The molecule has 0 radical (unpaired) electrons. The third kappa shape index (κ3) is 3.60. The molecule has 0 saturated carbocycles. The second-order valence-electron chi connectivity index (χ2n) is 6.41. The van der Waals surface area contributed by atoms with E-state index >= 15 is 0 Å². The van der Waals surface area contributed by atoms with E-state index in [1.165, 1.54) is 5.56 Å². The second kappa shape index (κ2) is 6.01. The van der Waals surface area contributed by atoms with Gasteiger partial charge in [0.15, 0.2) is 0 Å². The van der Waals surface area contributed by atoms with Crippen molar-refractivity contribution in [3.63, 3.8) is 0 Å². The maximum Gasteiger partial charge on any atom is 0.101 e. The highest BCUT2D eigenvalue weighted by Gasteiger charge is 2.18. The van der Waals surface area contributed by atoms with Crippen LogP contribution in [0, 0.1) is 20.8 Å². The van der Waals surface area contributed by atoms with E-state index in [0.717, 1.165) is 28.2 Å². The Morgan fingerprint density at radius 1 is 1.09 bits per heavy atom. The summed E-state index contributed by atoms with van der Waals surface area (Å²) in [6, 6.07) is 9.94. The Labute approximate surface area is 132 Å². The third-order valence-corrected chi connectivity index (χ3v) is 3.66. The van der Waals surface area contributed by atoms with E-state index < -0.39 is 5.60 Å². The molecule has 2 rings (SSSR count). The Morgan fingerprint density at radius 3 is 2.23 bits per heavy atom. The molecule has 0 aliphatic carbocycles. The first-order valence-electron chi connectivity index (χ1n) is 7.52. The van der Waals surface area contributed by atoms with Crippen LogP contribution in [0.1, 0.15) is 48.8 Å². The quantitative estimate of drug-likeness (QED) is 0.855. The number of benzene rings is 1. The summed E-state index contributed by atoms with van der Waals surface area (Å²) in [6.07, 6.45) is 0. The van der Waals surface area contributed by atoms with Crippen molar-refractivity contribution in [2.45, 2.75) is 47.1 Å². The zero-order valence-electron chi connectivity index (χ0n) is 14.2. The molecule has 0 saturated heterocycles. The summed E-state index contributed by atoms with van der Waals surface area (Å²) in [6.45, 7) is 11.7. The van der Waals surface area contributed by atoms with Gasteiger partial charge in [-0.25, -0.2) is 4.98 Å². The number of aliphatic hydroxyl groups is 1. The molecule has 2 aromatic rings. The number of nitrogens with zero attached hydrogens (tertiary/aromatic N) is 2. The predicted molar refractivity (Wildman–Crippen MR) is 92.0 cm³/mol. The van der Waals surface area contributed by atoms with Crippen LogP contribution in [0.15, 0.2) is 35.3 Å². The Bertz CT molecular complexity index is 701. The topological polar surface area (TPSA) is 45.5 Å². The van der Waals surface area contributed by atoms with Gasteiger partial charge in [-0.2, -0.15) is 0 Å². The summed E-state index contributed by atoms with van der Waals surface area (Å²) in [7, 11) is 0. The molecule has 0 unspecified atom stereocenters. The summed E-state index contributed by atoms with van der Waals surface area (Å²) in [5, 5.41) is 10.1. The lowest BCUT2D eigenvalue weighted by Crippen LogP contribution is -2.18. The number of aryl methyl sites for hydroxylation is 3. The van der Waals surface area contributed by atoms with Crippen LogP contribution in [0.2, 0.25) is 0 Å². The highest BCUT2D eigenvalue weighted by Crippen LogP contribution is 2.26. The van der Waals surface area contributed by atoms with Crippen molar-refractivity contribution in [1.82, 2.24) is 4.98 Å². The molecule has 1 aromatic carbocycles. The molecular formula is C19H24N2O. The van der Waals surface area contributed by atoms with E-state index in [-0.39, 0.29) is 0 Å². The molecule has 0 atom stereocenters. The average molecular weight is 296 g/mol. The molecule has 0 aliphatic heterocycles. The summed E-state index contributed by atoms with van der Waals surface area (Å²) in [4.78, 5) is 9.30. The smallest absolute Gasteiger partial charge is 0.101 e. The maximum absolute atomic E-state index is 10.1. The lowest BCUT2D eigenvalue weighted by molar-refractivity contribution is 0.0738. The van der Waals surface area contributed by atoms with Gasteiger partial charge in [-0.05, 0) is 64.8 Å². The van der Waals surface area contributed by atoms with Crippen molar-refractivity contribution in [3.05, 3.63) is 58.4 Å².